The number of hydrogen-bond acceptors (Lipinski definition) is 7. The Hall–Kier alpha value is -1.79. The molecule has 2 aliphatic rings. The summed E-state index contributed by atoms with van der Waals surface area (Å²) in [6.07, 6.45) is 2.86. The number of thiazole rings is 1. The normalized spacial score (nSPS) is 17.2. The molecule has 2 aliphatic heterocycles. The largest absolute Gasteiger partial charge is 0.493 e. The van der Waals surface area contributed by atoms with Gasteiger partial charge in [-0.1, -0.05) is 0 Å². The van der Waals surface area contributed by atoms with Gasteiger partial charge in [-0.2, -0.15) is 0 Å². The number of halogens is 1. The average Bonchev–Trinajstić information content (AvgIpc) is 3.33. The first-order valence-corrected chi connectivity index (χ1v) is 11.2. The summed E-state index contributed by atoms with van der Waals surface area (Å²) >= 11 is 1.68. The molecule has 0 amide bonds. The number of rotatable bonds is 6. The van der Waals surface area contributed by atoms with Gasteiger partial charge in [0.05, 0.1) is 20.8 Å². The van der Waals surface area contributed by atoms with Gasteiger partial charge in [0.2, 0.25) is 0 Å². The molecule has 2 aromatic rings. The summed E-state index contributed by atoms with van der Waals surface area (Å²) in [5, 5.41) is 3.10. The second-order valence-corrected chi connectivity index (χ2v) is 8.40. The summed E-state index contributed by atoms with van der Waals surface area (Å²) in [5.74, 6) is 2.24. The Labute approximate surface area is 205 Å². The predicted octanol–water partition coefficient (Wildman–Crippen LogP) is 2.27. The minimum absolute atomic E-state index is 0. The van der Waals surface area contributed by atoms with Crippen LogP contribution in [-0.4, -0.2) is 80.8 Å². The van der Waals surface area contributed by atoms with Crippen molar-refractivity contribution < 1.29 is 9.47 Å². The lowest BCUT2D eigenvalue weighted by Crippen LogP contribution is -2.51. The Morgan fingerprint density at radius 1 is 1.10 bits per heavy atom. The van der Waals surface area contributed by atoms with Gasteiger partial charge in [-0.25, -0.2) is 4.98 Å². The zero-order valence-corrected chi connectivity index (χ0v) is 21.3. The molecular formula is C21H31IN6O2S. The number of anilines is 1. The highest BCUT2D eigenvalue weighted by atomic mass is 127. The van der Waals surface area contributed by atoms with Gasteiger partial charge in [0.25, 0.3) is 0 Å². The predicted molar refractivity (Wildman–Crippen MR) is 136 cm³/mol. The SMILES string of the molecule is COc1cc2c(cc1OC)CN(CCN=C(N)N1CCN(c3nccs3)CC1)CC2.I. The fourth-order valence-corrected chi connectivity index (χ4v) is 4.73. The number of nitrogens with zero attached hydrogens (tertiary/aromatic N) is 5. The van der Waals surface area contributed by atoms with E-state index in [0.717, 1.165) is 68.9 Å². The molecule has 3 heterocycles. The Kier molecular flexibility index (Phi) is 8.61. The number of hydrogen-bond donors (Lipinski definition) is 1. The Bertz CT molecular complexity index is 871. The summed E-state index contributed by atoms with van der Waals surface area (Å²) < 4.78 is 10.9. The number of guanidine groups is 1. The van der Waals surface area contributed by atoms with Crippen LogP contribution in [0.3, 0.4) is 0 Å². The van der Waals surface area contributed by atoms with Crippen molar-refractivity contribution in [1.29, 1.82) is 0 Å². The summed E-state index contributed by atoms with van der Waals surface area (Å²) in [7, 11) is 3.36. The topological polar surface area (TPSA) is 79.5 Å². The molecule has 0 spiro atoms. The zero-order chi connectivity index (χ0) is 20.9. The van der Waals surface area contributed by atoms with Crippen molar-refractivity contribution in [3.05, 3.63) is 34.8 Å². The fraction of sp³-hybridized carbons (Fsp3) is 0.524. The van der Waals surface area contributed by atoms with Crippen LogP contribution in [0.4, 0.5) is 5.13 Å². The van der Waals surface area contributed by atoms with Gasteiger partial charge in [0.1, 0.15) is 0 Å². The molecule has 0 saturated carbocycles. The van der Waals surface area contributed by atoms with Crippen LogP contribution in [0, 0.1) is 0 Å². The van der Waals surface area contributed by atoms with Crippen LogP contribution in [0.1, 0.15) is 11.1 Å². The molecule has 4 rings (SSSR count). The number of methoxy groups -OCH3 is 2. The van der Waals surface area contributed by atoms with Crippen molar-refractivity contribution in [2.45, 2.75) is 13.0 Å². The monoisotopic (exact) mass is 558 g/mol. The maximum atomic E-state index is 6.27. The highest BCUT2D eigenvalue weighted by molar-refractivity contribution is 14.0. The third-order valence-corrected chi connectivity index (χ3v) is 6.61. The highest BCUT2D eigenvalue weighted by Crippen LogP contribution is 2.33. The zero-order valence-electron chi connectivity index (χ0n) is 18.1. The molecule has 1 aromatic carbocycles. The van der Waals surface area contributed by atoms with Crippen LogP contribution in [-0.2, 0) is 13.0 Å². The first-order chi connectivity index (χ1) is 14.7. The second kappa shape index (κ2) is 11.2. The highest BCUT2D eigenvalue weighted by Gasteiger charge is 2.21. The molecule has 0 aliphatic carbocycles. The average molecular weight is 558 g/mol. The van der Waals surface area contributed by atoms with Crippen LogP contribution in [0.5, 0.6) is 11.5 Å². The quantitative estimate of drug-likeness (QED) is 0.331. The minimum atomic E-state index is 0. The van der Waals surface area contributed by atoms with Gasteiger partial charge in [-0.05, 0) is 29.7 Å². The first-order valence-electron chi connectivity index (χ1n) is 10.3. The maximum Gasteiger partial charge on any atom is 0.191 e. The number of nitrogens with two attached hydrogens (primary N) is 1. The Morgan fingerprint density at radius 3 is 2.45 bits per heavy atom. The molecule has 0 radical (unpaired) electrons. The molecule has 31 heavy (non-hydrogen) atoms. The van der Waals surface area contributed by atoms with E-state index in [2.05, 4.69) is 36.8 Å². The number of ether oxygens (including phenoxy) is 2. The van der Waals surface area contributed by atoms with Gasteiger partial charge in [0.15, 0.2) is 22.6 Å². The van der Waals surface area contributed by atoms with Crippen molar-refractivity contribution in [1.82, 2.24) is 14.8 Å². The van der Waals surface area contributed by atoms with E-state index in [1.54, 1.807) is 25.6 Å². The van der Waals surface area contributed by atoms with Crippen molar-refractivity contribution >= 4 is 46.4 Å². The lowest BCUT2D eigenvalue weighted by atomic mass is 9.99. The van der Waals surface area contributed by atoms with Crippen LogP contribution >= 0.6 is 35.3 Å². The first kappa shape index (κ1) is 23.9. The standard InChI is InChI=1S/C21H30N6O2S.HI/c1-28-18-13-16-3-6-25(15-17(16)14-19(18)29-2)7-4-23-20(22)26-8-10-27(11-9-26)21-24-5-12-30-21;/h5,12-14H,3-4,6-11,15H2,1-2H3,(H2,22,23);1H. The Morgan fingerprint density at radius 2 is 1.81 bits per heavy atom. The van der Waals surface area contributed by atoms with Gasteiger partial charge < -0.3 is 25.0 Å². The van der Waals surface area contributed by atoms with Crippen LogP contribution in [0.2, 0.25) is 0 Å². The van der Waals surface area contributed by atoms with Gasteiger partial charge in [0, 0.05) is 57.4 Å². The van der Waals surface area contributed by atoms with E-state index in [4.69, 9.17) is 15.2 Å². The van der Waals surface area contributed by atoms with Crippen LogP contribution in [0.15, 0.2) is 28.7 Å². The van der Waals surface area contributed by atoms with E-state index in [9.17, 15) is 0 Å². The van der Waals surface area contributed by atoms with E-state index >= 15 is 0 Å². The molecule has 10 heteroatoms. The van der Waals surface area contributed by atoms with E-state index in [0.29, 0.717) is 12.5 Å². The molecular weight excluding hydrogens is 527 g/mol. The number of fused-ring (bicyclic) bond motifs is 1. The molecule has 8 nitrogen and oxygen atoms in total. The molecule has 2 N–H and O–H groups in total. The van der Waals surface area contributed by atoms with Gasteiger partial charge >= 0.3 is 0 Å². The summed E-state index contributed by atoms with van der Waals surface area (Å²) in [6.45, 7) is 7.15. The van der Waals surface area contributed by atoms with Crippen molar-refractivity contribution in [3.8, 4) is 11.5 Å². The number of aliphatic imine (C=N–C) groups is 1. The molecule has 170 valence electrons. The molecule has 1 saturated heterocycles. The lowest BCUT2D eigenvalue weighted by Gasteiger charge is -2.35. The molecule has 1 fully saturated rings. The number of aromatic nitrogens is 1. The van der Waals surface area contributed by atoms with Crippen LogP contribution < -0.4 is 20.1 Å². The summed E-state index contributed by atoms with van der Waals surface area (Å²) in [4.78, 5) is 15.9. The molecule has 0 atom stereocenters. The van der Waals surface area contributed by atoms with E-state index in [-0.39, 0.29) is 24.0 Å². The molecule has 0 unspecified atom stereocenters. The van der Waals surface area contributed by atoms with Crippen LogP contribution in [0.25, 0.3) is 0 Å². The third kappa shape index (κ3) is 5.72. The smallest absolute Gasteiger partial charge is 0.191 e. The molecule has 0 bridgehead atoms. The minimum Gasteiger partial charge on any atom is -0.493 e. The van der Waals surface area contributed by atoms with E-state index < -0.39 is 0 Å². The maximum absolute atomic E-state index is 6.27. The lowest BCUT2D eigenvalue weighted by molar-refractivity contribution is 0.259. The summed E-state index contributed by atoms with van der Waals surface area (Å²) in [6, 6.07) is 4.20. The Balaban J connectivity index is 0.00000272. The molecule has 1 aromatic heterocycles. The van der Waals surface area contributed by atoms with E-state index in [1.807, 2.05) is 11.6 Å². The van der Waals surface area contributed by atoms with Gasteiger partial charge in [-0.15, -0.1) is 35.3 Å². The fourth-order valence-electron chi connectivity index (χ4n) is 4.04. The van der Waals surface area contributed by atoms with Gasteiger partial charge in [-0.3, -0.25) is 9.89 Å². The third-order valence-electron chi connectivity index (χ3n) is 5.78. The number of piperazine rings is 1. The summed E-state index contributed by atoms with van der Waals surface area (Å²) in [5.41, 5.74) is 8.91. The van der Waals surface area contributed by atoms with E-state index in [1.165, 1.54) is 11.1 Å². The van der Waals surface area contributed by atoms with Crippen molar-refractivity contribution in [2.75, 3.05) is 64.9 Å². The number of benzene rings is 1. The second-order valence-electron chi connectivity index (χ2n) is 7.53. The van der Waals surface area contributed by atoms with Crippen molar-refractivity contribution in [3.63, 3.8) is 0 Å². The van der Waals surface area contributed by atoms with Crippen molar-refractivity contribution in [2.24, 2.45) is 10.7 Å².